The van der Waals surface area contributed by atoms with Crippen LogP contribution in [-0.2, 0) is 10.9 Å². The first-order valence-electron chi connectivity index (χ1n) is 11.8. The number of halogens is 3. The molecule has 0 bridgehead atoms. The van der Waals surface area contributed by atoms with Crippen LogP contribution < -0.4 is 0 Å². The molecule has 3 aliphatic heterocycles. The number of alkyl halides is 3. The highest BCUT2D eigenvalue weighted by Crippen LogP contribution is 2.42. The lowest BCUT2D eigenvalue weighted by Gasteiger charge is -2.31. The van der Waals surface area contributed by atoms with Crippen LogP contribution in [0.3, 0.4) is 0 Å². The summed E-state index contributed by atoms with van der Waals surface area (Å²) in [4.78, 5) is 10.3. The van der Waals surface area contributed by atoms with E-state index in [1.807, 2.05) is 12.3 Å². The molecule has 2 aromatic rings. The van der Waals surface area contributed by atoms with Gasteiger partial charge in [-0.05, 0) is 53.8 Å². The number of fused-ring (bicyclic) bond motifs is 1. The molecular weight excluding hydrogens is 471 g/mol. The number of ether oxygens (including phenoxy) is 1. The number of rotatable bonds is 6. The Morgan fingerprint density at radius 3 is 2.43 bits per heavy atom. The smallest absolute Gasteiger partial charge is 0.377 e. The van der Waals surface area contributed by atoms with E-state index in [4.69, 9.17) is 9.72 Å². The molecule has 4 aliphatic rings. The summed E-state index contributed by atoms with van der Waals surface area (Å²) in [7, 11) is 0. The van der Waals surface area contributed by atoms with Crippen LogP contribution in [0, 0.1) is 0 Å². The van der Waals surface area contributed by atoms with Crippen molar-refractivity contribution in [1.82, 2.24) is 14.5 Å². The van der Waals surface area contributed by atoms with Gasteiger partial charge in [-0.1, -0.05) is 31.2 Å². The maximum atomic E-state index is 13.6. The zero-order valence-corrected chi connectivity index (χ0v) is 20.0. The molecule has 4 heterocycles. The minimum Gasteiger partial charge on any atom is -0.377 e. The van der Waals surface area contributed by atoms with E-state index in [9.17, 15) is 13.2 Å². The van der Waals surface area contributed by atoms with Crippen molar-refractivity contribution in [2.75, 3.05) is 19.0 Å². The van der Waals surface area contributed by atoms with Crippen molar-refractivity contribution < 1.29 is 17.9 Å². The molecule has 0 N–H and O–H groups in total. The molecule has 35 heavy (non-hydrogen) atoms. The van der Waals surface area contributed by atoms with Crippen molar-refractivity contribution in [2.24, 2.45) is 0 Å². The van der Waals surface area contributed by atoms with Crippen LogP contribution >= 0.6 is 11.8 Å². The molecule has 1 aromatic carbocycles. The number of hydrogen-bond donors (Lipinski definition) is 0. The van der Waals surface area contributed by atoms with Gasteiger partial charge in [0.1, 0.15) is 5.69 Å². The SMILES string of the molecule is CCSc1cc(-c2ccc(C3CC3)cc2)cnc1-c1cc2n(C3COC3)cc(C(F)(F)F)cc-2n1. The summed E-state index contributed by atoms with van der Waals surface area (Å²) in [5, 5.41) is 0. The van der Waals surface area contributed by atoms with Crippen LogP contribution in [0.15, 0.2) is 59.8 Å². The third kappa shape index (κ3) is 4.34. The van der Waals surface area contributed by atoms with Gasteiger partial charge < -0.3 is 9.30 Å². The van der Waals surface area contributed by atoms with Gasteiger partial charge >= 0.3 is 6.18 Å². The Labute approximate surface area is 205 Å². The van der Waals surface area contributed by atoms with Crippen LogP contribution in [0.1, 0.15) is 42.9 Å². The lowest BCUT2D eigenvalue weighted by Crippen LogP contribution is -2.32. The largest absolute Gasteiger partial charge is 0.417 e. The Balaban J connectivity index is 1.41. The Morgan fingerprint density at radius 1 is 1.03 bits per heavy atom. The van der Waals surface area contributed by atoms with Crippen molar-refractivity contribution in [3.8, 4) is 33.9 Å². The van der Waals surface area contributed by atoms with Gasteiger partial charge in [-0.25, -0.2) is 4.98 Å². The molecule has 0 spiro atoms. The maximum absolute atomic E-state index is 13.6. The number of hydrogen-bond acceptors (Lipinski definition) is 4. The second-order valence-corrected chi connectivity index (χ2v) is 10.4. The third-order valence-electron chi connectivity index (χ3n) is 6.65. The second kappa shape index (κ2) is 8.68. The first-order valence-corrected chi connectivity index (χ1v) is 12.8. The highest BCUT2D eigenvalue weighted by atomic mass is 32.2. The standard InChI is InChI=1S/C27H24F3N3OS/c1-2-35-25-9-19(18-7-5-17(6-8-18)16-3-4-16)12-31-26(25)23-11-24-22(32-23)10-20(27(28,29)30)13-33(24)21-14-34-15-21/h5-13,16,21H,2-4,14-15H2,1H3. The van der Waals surface area contributed by atoms with Crippen LogP contribution in [0.4, 0.5) is 13.2 Å². The molecule has 1 saturated carbocycles. The molecular formula is C27H24F3N3OS. The number of aromatic nitrogens is 3. The van der Waals surface area contributed by atoms with Gasteiger partial charge in [0, 0.05) is 22.9 Å². The molecule has 1 aromatic heterocycles. The van der Waals surface area contributed by atoms with Crippen molar-refractivity contribution in [2.45, 2.75) is 42.8 Å². The third-order valence-corrected chi connectivity index (χ3v) is 7.57. The maximum Gasteiger partial charge on any atom is 0.417 e. The predicted octanol–water partition coefficient (Wildman–Crippen LogP) is 7.30. The fourth-order valence-corrected chi connectivity index (χ4v) is 5.34. The molecule has 180 valence electrons. The van der Waals surface area contributed by atoms with Gasteiger partial charge in [-0.3, -0.25) is 4.98 Å². The molecule has 0 unspecified atom stereocenters. The minimum absolute atomic E-state index is 0.129. The molecule has 4 nitrogen and oxygen atoms in total. The highest BCUT2D eigenvalue weighted by molar-refractivity contribution is 7.99. The summed E-state index contributed by atoms with van der Waals surface area (Å²) >= 11 is 1.66. The zero-order chi connectivity index (χ0) is 24.2. The first kappa shape index (κ1) is 22.6. The summed E-state index contributed by atoms with van der Waals surface area (Å²) in [5.74, 6) is 1.55. The summed E-state index contributed by atoms with van der Waals surface area (Å²) in [6.45, 7) is 2.86. The monoisotopic (exact) mass is 495 g/mol. The Morgan fingerprint density at radius 2 is 1.80 bits per heavy atom. The molecule has 0 atom stereocenters. The quantitative estimate of drug-likeness (QED) is 0.263. The molecule has 1 aliphatic carbocycles. The summed E-state index contributed by atoms with van der Waals surface area (Å²) in [6.07, 6.45) is 1.09. The molecule has 1 saturated heterocycles. The van der Waals surface area contributed by atoms with Crippen LogP contribution in [-0.4, -0.2) is 33.5 Å². The zero-order valence-electron chi connectivity index (χ0n) is 19.2. The molecule has 8 heteroatoms. The summed E-state index contributed by atoms with van der Waals surface area (Å²) < 4.78 is 47.6. The van der Waals surface area contributed by atoms with E-state index in [2.05, 4.69) is 42.2 Å². The minimum atomic E-state index is -4.45. The van der Waals surface area contributed by atoms with Gasteiger partial charge in [-0.2, -0.15) is 13.2 Å². The second-order valence-electron chi connectivity index (χ2n) is 9.14. The van der Waals surface area contributed by atoms with Gasteiger partial charge in [0.15, 0.2) is 0 Å². The number of nitrogens with zero attached hydrogens (tertiary/aromatic N) is 3. The molecule has 0 radical (unpaired) electrons. The van der Waals surface area contributed by atoms with Crippen molar-refractivity contribution in [3.05, 3.63) is 66.0 Å². The topological polar surface area (TPSA) is 39.9 Å². The predicted molar refractivity (Wildman–Crippen MR) is 131 cm³/mol. The van der Waals surface area contributed by atoms with Crippen LogP contribution in [0.25, 0.3) is 33.9 Å². The van der Waals surface area contributed by atoms with Crippen molar-refractivity contribution in [3.63, 3.8) is 0 Å². The Kier molecular flexibility index (Phi) is 5.60. The van der Waals surface area contributed by atoms with E-state index in [0.717, 1.165) is 27.8 Å². The lowest BCUT2D eigenvalue weighted by molar-refractivity contribution is -0.138. The molecule has 2 fully saturated rings. The fraction of sp³-hybridized carbons (Fsp3) is 0.333. The van der Waals surface area contributed by atoms with E-state index < -0.39 is 11.7 Å². The molecule has 0 amide bonds. The average molecular weight is 496 g/mol. The molecule has 6 rings (SSSR count). The summed E-state index contributed by atoms with van der Waals surface area (Å²) in [5.41, 5.74) is 5.05. The highest BCUT2D eigenvalue weighted by Gasteiger charge is 2.35. The fourth-order valence-electron chi connectivity index (χ4n) is 4.53. The Hall–Kier alpha value is -2.84. The van der Waals surface area contributed by atoms with Crippen LogP contribution in [0.5, 0.6) is 0 Å². The van der Waals surface area contributed by atoms with Crippen molar-refractivity contribution >= 4 is 11.8 Å². The van der Waals surface area contributed by atoms with Gasteiger partial charge in [-0.15, -0.1) is 11.8 Å². The van der Waals surface area contributed by atoms with E-state index in [1.165, 1.54) is 24.6 Å². The van der Waals surface area contributed by atoms with Gasteiger partial charge in [0.05, 0.1) is 41.9 Å². The Bertz CT molecular complexity index is 1340. The summed E-state index contributed by atoms with van der Waals surface area (Å²) in [6, 6.07) is 13.6. The van der Waals surface area contributed by atoms with Gasteiger partial charge in [0.25, 0.3) is 0 Å². The number of benzene rings is 1. The normalized spacial score (nSPS) is 16.6. The van der Waals surface area contributed by atoms with Gasteiger partial charge in [0.2, 0.25) is 0 Å². The van der Waals surface area contributed by atoms with E-state index in [1.54, 1.807) is 16.3 Å². The number of pyridine rings is 2. The lowest BCUT2D eigenvalue weighted by atomic mass is 10.0. The van der Waals surface area contributed by atoms with E-state index in [-0.39, 0.29) is 6.04 Å². The van der Waals surface area contributed by atoms with E-state index >= 15 is 0 Å². The van der Waals surface area contributed by atoms with E-state index in [0.29, 0.717) is 41.9 Å². The first-order chi connectivity index (χ1) is 16.9. The van der Waals surface area contributed by atoms with Crippen LogP contribution in [0.2, 0.25) is 0 Å². The number of thioether (sulfide) groups is 1. The average Bonchev–Trinajstić information content (AvgIpc) is 3.56. The van der Waals surface area contributed by atoms with Crippen molar-refractivity contribution in [1.29, 1.82) is 0 Å².